The first kappa shape index (κ1) is 23.5. The Bertz CT molecular complexity index is 730. The highest BCUT2D eigenvalue weighted by atomic mass is 127. The molecule has 2 N–H and O–H groups in total. The summed E-state index contributed by atoms with van der Waals surface area (Å²) in [4.78, 5) is 11.6. The Morgan fingerprint density at radius 2 is 2.10 bits per heavy atom. The van der Waals surface area contributed by atoms with E-state index in [4.69, 9.17) is 9.15 Å². The third-order valence-corrected chi connectivity index (χ3v) is 4.84. The molecule has 0 amide bonds. The average molecular weight is 513 g/mol. The van der Waals surface area contributed by atoms with E-state index in [1.54, 1.807) is 13.4 Å². The standard InChI is InChI=1S/C21H31N5O2.HI/c1-17-5-3-7-20(24-17)26-13-9-18(10-14-26)25-21(23-12-16-27-2)22-11-8-19-6-4-15-28-19;/h3-7,15,18H,8-14,16H2,1-2H3,(H2,22,23,25);1H. The van der Waals surface area contributed by atoms with Crippen molar-refractivity contribution in [1.29, 1.82) is 0 Å². The van der Waals surface area contributed by atoms with Crippen molar-refractivity contribution in [3.63, 3.8) is 0 Å². The molecule has 0 atom stereocenters. The molecule has 0 saturated carbocycles. The number of anilines is 1. The molecule has 0 unspecified atom stereocenters. The summed E-state index contributed by atoms with van der Waals surface area (Å²) < 4.78 is 10.5. The number of halogens is 1. The minimum absolute atomic E-state index is 0. The van der Waals surface area contributed by atoms with Gasteiger partial charge in [0.2, 0.25) is 0 Å². The number of aryl methyl sites for hydroxylation is 1. The summed E-state index contributed by atoms with van der Waals surface area (Å²) in [7, 11) is 1.70. The molecule has 29 heavy (non-hydrogen) atoms. The highest BCUT2D eigenvalue weighted by Crippen LogP contribution is 2.18. The normalized spacial score (nSPS) is 15.1. The van der Waals surface area contributed by atoms with Gasteiger partial charge in [-0.3, -0.25) is 4.99 Å². The zero-order valence-electron chi connectivity index (χ0n) is 17.3. The minimum Gasteiger partial charge on any atom is -0.469 e. The molecule has 8 heteroatoms. The first-order valence-corrected chi connectivity index (χ1v) is 9.99. The number of guanidine groups is 1. The van der Waals surface area contributed by atoms with Gasteiger partial charge >= 0.3 is 0 Å². The van der Waals surface area contributed by atoms with E-state index < -0.39 is 0 Å². The number of piperidine rings is 1. The first-order valence-electron chi connectivity index (χ1n) is 9.99. The lowest BCUT2D eigenvalue weighted by Crippen LogP contribution is -2.49. The number of hydrogen-bond acceptors (Lipinski definition) is 5. The van der Waals surface area contributed by atoms with E-state index in [9.17, 15) is 0 Å². The second kappa shape index (κ2) is 12.7. The van der Waals surface area contributed by atoms with Crippen LogP contribution in [-0.2, 0) is 11.2 Å². The molecule has 160 valence electrons. The Hall–Kier alpha value is -1.81. The second-order valence-electron chi connectivity index (χ2n) is 7.02. The largest absolute Gasteiger partial charge is 0.469 e. The van der Waals surface area contributed by atoms with Crippen molar-refractivity contribution in [1.82, 2.24) is 15.6 Å². The Balaban J connectivity index is 0.00000300. The average Bonchev–Trinajstić information content (AvgIpc) is 3.22. The molecule has 3 rings (SSSR count). The van der Waals surface area contributed by atoms with Gasteiger partial charge in [0.1, 0.15) is 11.6 Å². The molecule has 1 saturated heterocycles. The van der Waals surface area contributed by atoms with E-state index >= 15 is 0 Å². The van der Waals surface area contributed by atoms with E-state index in [1.807, 2.05) is 25.1 Å². The van der Waals surface area contributed by atoms with Crippen molar-refractivity contribution in [2.45, 2.75) is 32.2 Å². The van der Waals surface area contributed by atoms with Crippen LogP contribution >= 0.6 is 24.0 Å². The van der Waals surface area contributed by atoms with Crippen LogP contribution in [-0.4, -0.2) is 56.9 Å². The quantitative estimate of drug-likeness (QED) is 0.245. The number of rotatable bonds is 8. The smallest absolute Gasteiger partial charge is 0.191 e. The second-order valence-corrected chi connectivity index (χ2v) is 7.02. The fraction of sp³-hybridized carbons (Fsp3) is 0.524. The number of methoxy groups -OCH3 is 1. The van der Waals surface area contributed by atoms with Crippen LogP contribution < -0.4 is 15.5 Å². The molecule has 1 fully saturated rings. The highest BCUT2D eigenvalue weighted by Gasteiger charge is 2.21. The Labute approximate surface area is 190 Å². The fourth-order valence-electron chi connectivity index (χ4n) is 3.31. The third-order valence-electron chi connectivity index (χ3n) is 4.84. The van der Waals surface area contributed by atoms with Crippen LogP contribution in [0.5, 0.6) is 0 Å². The van der Waals surface area contributed by atoms with Crippen molar-refractivity contribution in [2.75, 3.05) is 44.8 Å². The van der Waals surface area contributed by atoms with Crippen molar-refractivity contribution in [2.24, 2.45) is 4.99 Å². The van der Waals surface area contributed by atoms with Crippen LogP contribution in [0.15, 0.2) is 46.0 Å². The number of aliphatic imine (C=N–C) groups is 1. The summed E-state index contributed by atoms with van der Waals surface area (Å²) in [5.74, 6) is 2.89. The van der Waals surface area contributed by atoms with Gasteiger partial charge in [-0.2, -0.15) is 0 Å². The summed E-state index contributed by atoms with van der Waals surface area (Å²) >= 11 is 0. The predicted molar refractivity (Wildman–Crippen MR) is 127 cm³/mol. The molecule has 0 aliphatic carbocycles. The van der Waals surface area contributed by atoms with Crippen LogP contribution in [0, 0.1) is 6.92 Å². The van der Waals surface area contributed by atoms with Gasteiger partial charge in [0.05, 0.1) is 19.4 Å². The zero-order valence-corrected chi connectivity index (χ0v) is 19.6. The van der Waals surface area contributed by atoms with Gasteiger partial charge in [0.25, 0.3) is 0 Å². The lowest BCUT2D eigenvalue weighted by Gasteiger charge is -2.34. The summed E-state index contributed by atoms with van der Waals surface area (Å²) in [6.07, 6.45) is 4.64. The van der Waals surface area contributed by atoms with Crippen molar-refractivity contribution < 1.29 is 9.15 Å². The maximum atomic E-state index is 5.39. The lowest BCUT2D eigenvalue weighted by molar-refractivity contribution is 0.207. The van der Waals surface area contributed by atoms with Gasteiger partial charge in [-0.05, 0) is 44.0 Å². The monoisotopic (exact) mass is 513 g/mol. The van der Waals surface area contributed by atoms with Crippen molar-refractivity contribution in [3.8, 4) is 0 Å². The maximum absolute atomic E-state index is 5.39. The lowest BCUT2D eigenvalue weighted by atomic mass is 10.1. The van der Waals surface area contributed by atoms with Crippen molar-refractivity contribution in [3.05, 3.63) is 48.0 Å². The fourth-order valence-corrected chi connectivity index (χ4v) is 3.31. The van der Waals surface area contributed by atoms with Gasteiger partial charge < -0.3 is 24.7 Å². The SMILES string of the molecule is COCCN=C(NCCc1ccco1)NC1CCN(c2cccc(C)n2)CC1.I. The van der Waals surface area contributed by atoms with Gasteiger partial charge in [-0.25, -0.2) is 4.98 Å². The molecule has 7 nitrogen and oxygen atoms in total. The number of hydrogen-bond donors (Lipinski definition) is 2. The van der Waals surface area contributed by atoms with Crippen LogP contribution in [0.2, 0.25) is 0 Å². The number of ether oxygens (including phenoxy) is 1. The minimum atomic E-state index is 0. The van der Waals surface area contributed by atoms with Gasteiger partial charge in [0, 0.05) is 44.9 Å². The predicted octanol–water partition coefficient (Wildman–Crippen LogP) is 2.99. The Morgan fingerprint density at radius 1 is 1.28 bits per heavy atom. The molecule has 0 bridgehead atoms. The molecule has 2 aromatic rings. The topological polar surface area (TPSA) is 74.9 Å². The molecule has 1 aliphatic rings. The number of furan rings is 1. The van der Waals surface area contributed by atoms with Crippen molar-refractivity contribution >= 4 is 35.8 Å². The summed E-state index contributed by atoms with van der Waals surface area (Å²) in [6, 6.07) is 10.5. The van der Waals surface area contributed by atoms with E-state index in [2.05, 4.69) is 37.6 Å². The molecular formula is C21H32IN5O2. The molecule has 3 heterocycles. The summed E-state index contributed by atoms with van der Waals surface area (Å²) in [5.41, 5.74) is 1.06. The molecule has 0 radical (unpaired) electrons. The van der Waals surface area contributed by atoms with Crippen LogP contribution in [0.25, 0.3) is 0 Å². The summed E-state index contributed by atoms with van der Waals surface area (Å²) in [6.45, 7) is 6.05. The van der Waals surface area contributed by atoms with Gasteiger partial charge in [0.15, 0.2) is 5.96 Å². The van der Waals surface area contributed by atoms with Gasteiger partial charge in [-0.1, -0.05) is 6.07 Å². The third kappa shape index (κ3) is 7.85. The van der Waals surface area contributed by atoms with E-state index in [1.165, 1.54) is 0 Å². The van der Waals surface area contributed by atoms with Crippen LogP contribution in [0.4, 0.5) is 5.82 Å². The summed E-state index contributed by atoms with van der Waals surface area (Å²) in [5, 5.41) is 7.00. The van der Waals surface area contributed by atoms with E-state index in [0.29, 0.717) is 19.2 Å². The van der Waals surface area contributed by atoms with Crippen LogP contribution in [0.1, 0.15) is 24.3 Å². The first-order chi connectivity index (χ1) is 13.7. The Kier molecular flexibility index (Phi) is 10.3. The number of nitrogens with zero attached hydrogens (tertiary/aromatic N) is 3. The number of nitrogens with one attached hydrogen (secondary N) is 2. The maximum Gasteiger partial charge on any atom is 0.191 e. The molecule has 0 aromatic carbocycles. The highest BCUT2D eigenvalue weighted by molar-refractivity contribution is 14.0. The van der Waals surface area contributed by atoms with E-state index in [-0.39, 0.29) is 24.0 Å². The molecule has 2 aromatic heterocycles. The zero-order chi connectivity index (χ0) is 19.6. The van der Waals surface area contributed by atoms with Crippen LogP contribution in [0.3, 0.4) is 0 Å². The number of aromatic nitrogens is 1. The molecular weight excluding hydrogens is 481 g/mol. The number of pyridine rings is 1. The Morgan fingerprint density at radius 3 is 2.79 bits per heavy atom. The van der Waals surface area contributed by atoms with Gasteiger partial charge in [-0.15, -0.1) is 24.0 Å². The van der Waals surface area contributed by atoms with E-state index in [0.717, 1.165) is 62.1 Å². The molecule has 0 spiro atoms. The molecule has 1 aliphatic heterocycles.